The standard InChI is InChI=1S/C15H21N5O3S/c1-6-23-14(22)13-9(4)12(10(5)16-13)11(21)7-24-15-17-18-19-20(15)8(2)3/h8,16H,6-7H2,1-5H3. The van der Waals surface area contributed by atoms with Crippen molar-refractivity contribution in [1.82, 2.24) is 25.2 Å². The molecule has 24 heavy (non-hydrogen) atoms. The molecule has 0 fully saturated rings. The lowest BCUT2D eigenvalue weighted by Crippen LogP contribution is -2.10. The van der Waals surface area contributed by atoms with Crippen molar-refractivity contribution < 1.29 is 14.3 Å². The SMILES string of the molecule is CCOC(=O)c1[nH]c(C)c(C(=O)CSc2nnnn2C(C)C)c1C. The van der Waals surface area contributed by atoms with Crippen LogP contribution in [-0.4, -0.2) is 49.3 Å². The highest BCUT2D eigenvalue weighted by Crippen LogP contribution is 2.23. The monoisotopic (exact) mass is 351 g/mol. The van der Waals surface area contributed by atoms with E-state index < -0.39 is 5.97 Å². The van der Waals surface area contributed by atoms with Crippen LogP contribution in [0.15, 0.2) is 5.16 Å². The van der Waals surface area contributed by atoms with Crippen molar-refractivity contribution in [3.05, 3.63) is 22.5 Å². The summed E-state index contributed by atoms with van der Waals surface area (Å²) in [6, 6.07) is 0.115. The minimum atomic E-state index is -0.450. The molecule has 0 unspecified atom stereocenters. The van der Waals surface area contributed by atoms with Crippen molar-refractivity contribution in [2.24, 2.45) is 0 Å². The maximum Gasteiger partial charge on any atom is 0.355 e. The fourth-order valence-corrected chi connectivity index (χ4v) is 3.26. The van der Waals surface area contributed by atoms with Gasteiger partial charge in [-0.25, -0.2) is 9.48 Å². The fraction of sp³-hybridized carbons (Fsp3) is 0.533. The number of tetrazole rings is 1. The molecular weight excluding hydrogens is 330 g/mol. The van der Waals surface area contributed by atoms with Crippen LogP contribution >= 0.6 is 11.8 Å². The van der Waals surface area contributed by atoms with Crippen molar-refractivity contribution in [2.45, 2.75) is 45.8 Å². The zero-order valence-corrected chi connectivity index (χ0v) is 15.2. The number of aryl methyl sites for hydroxylation is 1. The molecule has 0 atom stereocenters. The summed E-state index contributed by atoms with van der Waals surface area (Å²) in [4.78, 5) is 27.5. The number of Topliss-reactive ketones (excluding diaryl/α,β-unsaturated/α-hetero) is 1. The molecule has 0 amide bonds. The number of carbonyl (C=O) groups excluding carboxylic acids is 2. The van der Waals surface area contributed by atoms with E-state index in [1.165, 1.54) is 11.8 Å². The van der Waals surface area contributed by atoms with Gasteiger partial charge in [0.15, 0.2) is 5.78 Å². The smallest absolute Gasteiger partial charge is 0.355 e. The first-order valence-electron chi connectivity index (χ1n) is 7.66. The molecule has 9 heteroatoms. The van der Waals surface area contributed by atoms with Gasteiger partial charge in [0.2, 0.25) is 5.16 Å². The van der Waals surface area contributed by atoms with E-state index in [1.807, 2.05) is 13.8 Å². The second kappa shape index (κ2) is 7.61. The van der Waals surface area contributed by atoms with E-state index in [2.05, 4.69) is 20.5 Å². The van der Waals surface area contributed by atoms with E-state index >= 15 is 0 Å². The summed E-state index contributed by atoms with van der Waals surface area (Å²) in [5.74, 6) is -0.344. The Kier molecular flexibility index (Phi) is 5.76. The number of nitrogens with zero attached hydrogens (tertiary/aromatic N) is 4. The minimum absolute atomic E-state index is 0.0832. The summed E-state index contributed by atoms with van der Waals surface area (Å²) in [5, 5.41) is 12.1. The predicted octanol–water partition coefficient (Wildman–Crippen LogP) is 2.35. The molecule has 2 rings (SSSR count). The minimum Gasteiger partial charge on any atom is -0.461 e. The van der Waals surface area contributed by atoms with Gasteiger partial charge >= 0.3 is 5.97 Å². The molecule has 0 radical (unpaired) electrons. The maximum atomic E-state index is 12.6. The Labute approximate surface area is 144 Å². The Morgan fingerprint density at radius 2 is 2.04 bits per heavy atom. The second-order valence-electron chi connectivity index (χ2n) is 5.56. The van der Waals surface area contributed by atoms with Gasteiger partial charge in [-0.1, -0.05) is 11.8 Å². The molecule has 0 aromatic carbocycles. The van der Waals surface area contributed by atoms with Gasteiger partial charge in [0.25, 0.3) is 0 Å². The molecule has 1 N–H and O–H groups in total. The molecule has 0 saturated carbocycles. The predicted molar refractivity (Wildman–Crippen MR) is 89.5 cm³/mol. The average Bonchev–Trinajstić information content (AvgIpc) is 3.10. The number of thioether (sulfide) groups is 1. The Morgan fingerprint density at radius 3 is 2.67 bits per heavy atom. The number of H-pyrrole nitrogens is 1. The third-order valence-electron chi connectivity index (χ3n) is 3.48. The number of hydrogen-bond acceptors (Lipinski definition) is 7. The summed E-state index contributed by atoms with van der Waals surface area (Å²) in [7, 11) is 0. The molecule has 0 aliphatic carbocycles. The third-order valence-corrected chi connectivity index (χ3v) is 4.41. The average molecular weight is 351 g/mol. The zero-order valence-electron chi connectivity index (χ0n) is 14.4. The van der Waals surface area contributed by atoms with E-state index in [-0.39, 0.29) is 24.2 Å². The molecule has 0 spiro atoms. The van der Waals surface area contributed by atoms with Crippen molar-refractivity contribution >= 4 is 23.5 Å². The maximum absolute atomic E-state index is 12.6. The Morgan fingerprint density at radius 1 is 1.33 bits per heavy atom. The van der Waals surface area contributed by atoms with Gasteiger partial charge in [0, 0.05) is 11.3 Å². The normalized spacial score (nSPS) is 11.1. The molecule has 2 heterocycles. The van der Waals surface area contributed by atoms with Crippen molar-refractivity contribution in [3.8, 4) is 0 Å². The number of ether oxygens (including phenoxy) is 1. The quantitative estimate of drug-likeness (QED) is 0.464. The Hall–Kier alpha value is -2.16. The van der Waals surface area contributed by atoms with Gasteiger partial charge < -0.3 is 9.72 Å². The van der Waals surface area contributed by atoms with E-state index in [1.54, 1.807) is 25.5 Å². The molecule has 130 valence electrons. The van der Waals surface area contributed by atoms with Gasteiger partial charge in [0.1, 0.15) is 5.69 Å². The van der Waals surface area contributed by atoms with Crippen LogP contribution in [0, 0.1) is 13.8 Å². The molecular formula is C15H21N5O3S. The van der Waals surface area contributed by atoms with Crippen LogP contribution in [0.4, 0.5) is 0 Å². The summed E-state index contributed by atoms with van der Waals surface area (Å²) in [6.07, 6.45) is 0. The van der Waals surface area contributed by atoms with Crippen LogP contribution in [0.5, 0.6) is 0 Å². The number of aromatic amines is 1. The van der Waals surface area contributed by atoms with Crippen LogP contribution in [-0.2, 0) is 4.74 Å². The number of aromatic nitrogens is 5. The molecule has 2 aromatic heterocycles. The highest BCUT2D eigenvalue weighted by atomic mass is 32.2. The first-order chi connectivity index (χ1) is 11.4. The van der Waals surface area contributed by atoms with E-state index in [0.717, 1.165) is 0 Å². The second-order valence-corrected chi connectivity index (χ2v) is 6.50. The number of hydrogen-bond donors (Lipinski definition) is 1. The van der Waals surface area contributed by atoms with E-state index in [9.17, 15) is 9.59 Å². The van der Waals surface area contributed by atoms with Gasteiger partial charge in [-0.2, -0.15) is 0 Å². The molecule has 0 aliphatic heterocycles. The summed E-state index contributed by atoms with van der Waals surface area (Å²) < 4.78 is 6.67. The van der Waals surface area contributed by atoms with Gasteiger partial charge in [-0.05, 0) is 50.6 Å². The zero-order chi connectivity index (χ0) is 17.9. The topological polar surface area (TPSA) is 103 Å². The molecule has 0 bridgehead atoms. The van der Waals surface area contributed by atoms with Crippen molar-refractivity contribution in [1.29, 1.82) is 0 Å². The lowest BCUT2D eigenvalue weighted by molar-refractivity contribution is 0.0519. The molecule has 2 aromatic rings. The van der Waals surface area contributed by atoms with Crippen LogP contribution < -0.4 is 0 Å². The van der Waals surface area contributed by atoms with Crippen LogP contribution in [0.25, 0.3) is 0 Å². The van der Waals surface area contributed by atoms with Gasteiger partial charge in [-0.3, -0.25) is 4.79 Å². The largest absolute Gasteiger partial charge is 0.461 e. The van der Waals surface area contributed by atoms with Gasteiger partial charge in [0.05, 0.1) is 18.4 Å². The lowest BCUT2D eigenvalue weighted by atomic mass is 10.1. The fourth-order valence-electron chi connectivity index (χ4n) is 2.38. The number of rotatable bonds is 7. The lowest BCUT2D eigenvalue weighted by Gasteiger charge is -2.07. The highest BCUT2D eigenvalue weighted by Gasteiger charge is 2.23. The summed E-state index contributed by atoms with van der Waals surface area (Å²) in [5.41, 5.74) is 2.12. The van der Waals surface area contributed by atoms with Crippen LogP contribution in [0.3, 0.4) is 0 Å². The highest BCUT2D eigenvalue weighted by molar-refractivity contribution is 7.99. The first kappa shape index (κ1) is 18.2. The summed E-state index contributed by atoms with van der Waals surface area (Å²) in [6.45, 7) is 9.47. The number of esters is 1. The van der Waals surface area contributed by atoms with E-state index in [0.29, 0.717) is 27.7 Å². The third kappa shape index (κ3) is 3.66. The van der Waals surface area contributed by atoms with Crippen LogP contribution in [0.2, 0.25) is 0 Å². The Bertz CT molecular complexity index is 750. The summed E-state index contributed by atoms with van der Waals surface area (Å²) >= 11 is 1.28. The number of ketones is 1. The van der Waals surface area contributed by atoms with E-state index in [4.69, 9.17) is 4.74 Å². The van der Waals surface area contributed by atoms with Crippen molar-refractivity contribution in [2.75, 3.05) is 12.4 Å². The molecule has 0 aliphatic rings. The molecule has 0 saturated heterocycles. The number of nitrogens with one attached hydrogen (secondary N) is 1. The Balaban J connectivity index is 2.15. The van der Waals surface area contributed by atoms with Gasteiger partial charge in [-0.15, -0.1) is 5.10 Å². The van der Waals surface area contributed by atoms with Crippen LogP contribution in [0.1, 0.15) is 58.9 Å². The molecule has 8 nitrogen and oxygen atoms in total. The van der Waals surface area contributed by atoms with Crippen molar-refractivity contribution in [3.63, 3.8) is 0 Å². The first-order valence-corrected chi connectivity index (χ1v) is 8.65. The number of carbonyl (C=O) groups is 2.